The van der Waals surface area contributed by atoms with Gasteiger partial charge in [-0.2, -0.15) is 17.9 Å². The fourth-order valence-electron chi connectivity index (χ4n) is 0.715. The first kappa shape index (κ1) is 14.3. The number of carboxylic acid groups (broad SMARTS) is 1. The monoisotopic (exact) mass is 240 g/mol. The van der Waals surface area contributed by atoms with Crippen LogP contribution in [0.1, 0.15) is 20.8 Å². The van der Waals surface area contributed by atoms with E-state index in [0.29, 0.717) is 0 Å². The predicted octanol–water partition coefficient (Wildman–Crippen LogP) is -1.35. The van der Waals surface area contributed by atoms with E-state index in [1.807, 2.05) is 4.72 Å². The zero-order chi connectivity index (χ0) is 12.3. The lowest BCUT2D eigenvalue weighted by molar-refractivity contribution is -0.146. The molecule has 0 aliphatic carbocycles. The maximum absolute atomic E-state index is 11.2. The first-order valence-electron chi connectivity index (χ1n) is 4.23. The van der Waals surface area contributed by atoms with Gasteiger partial charge < -0.3 is 10.2 Å². The van der Waals surface area contributed by atoms with Gasteiger partial charge >= 0.3 is 5.97 Å². The van der Waals surface area contributed by atoms with Crippen LogP contribution in [-0.2, 0) is 15.0 Å². The zero-order valence-electron chi connectivity index (χ0n) is 8.81. The third-order valence-corrected chi connectivity index (χ3v) is 2.62. The Bertz CT molecular complexity index is 319. The van der Waals surface area contributed by atoms with Gasteiger partial charge in [0.05, 0.1) is 0 Å². The smallest absolute Gasteiger partial charge is 0.333 e. The number of carboxylic acids is 1. The molecule has 0 bridgehead atoms. The van der Waals surface area contributed by atoms with Crippen molar-refractivity contribution in [3.05, 3.63) is 0 Å². The molecule has 0 saturated heterocycles. The quantitative estimate of drug-likeness (QED) is 0.474. The normalized spacial score (nSPS) is 14.9. The second-order valence-electron chi connectivity index (χ2n) is 4.06. The summed E-state index contributed by atoms with van der Waals surface area (Å²) in [5, 5.41) is 17.1. The van der Waals surface area contributed by atoms with Gasteiger partial charge in [0, 0.05) is 12.1 Å². The Balaban J connectivity index is 4.24. The van der Waals surface area contributed by atoms with Gasteiger partial charge in [-0.05, 0) is 20.8 Å². The molecule has 0 aromatic rings. The van der Waals surface area contributed by atoms with Crippen LogP contribution in [0, 0.1) is 0 Å². The molecule has 0 saturated carbocycles. The first-order valence-corrected chi connectivity index (χ1v) is 5.71. The number of hydrogen-bond acceptors (Lipinski definition) is 4. The Labute approximate surface area is 88.7 Å². The summed E-state index contributed by atoms with van der Waals surface area (Å²) in [4.78, 5) is 10.2. The highest BCUT2D eigenvalue weighted by molar-refractivity contribution is 7.87. The number of carbonyl (C=O) groups is 1. The lowest BCUT2D eigenvalue weighted by Gasteiger charge is -2.20. The second-order valence-corrected chi connectivity index (χ2v) is 5.56. The van der Waals surface area contributed by atoms with E-state index in [0.717, 1.165) is 0 Å². The maximum atomic E-state index is 11.2. The van der Waals surface area contributed by atoms with Crippen LogP contribution in [0.5, 0.6) is 0 Å². The number of aliphatic hydroxyl groups excluding tert-OH is 1. The van der Waals surface area contributed by atoms with Crippen LogP contribution in [0.25, 0.3) is 0 Å². The molecule has 0 fully saturated rings. The van der Waals surface area contributed by atoms with Crippen molar-refractivity contribution in [1.29, 1.82) is 0 Å². The molecule has 0 aliphatic rings. The van der Waals surface area contributed by atoms with Gasteiger partial charge in [0.15, 0.2) is 6.10 Å². The average molecular weight is 240 g/mol. The molecule has 7 nitrogen and oxygen atoms in total. The summed E-state index contributed by atoms with van der Waals surface area (Å²) >= 11 is 0. The molecule has 1 atom stereocenters. The van der Waals surface area contributed by atoms with Crippen molar-refractivity contribution < 1.29 is 23.4 Å². The van der Waals surface area contributed by atoms with Gasteiger partial charge in [-0.25, -0.2) is 4.79 Å². The van der Waals surface area contributed by atoms with Crippen molar-refractivity contribution in [2.45, 2.75) is 32.4 Å². The Hall–Kier alpha value is -0.700. The second kappa shape index (κ2) is 4.88. The molecule has 0 aromatic heterocycles. The highest BCUT2D eigenvalue weighted by atomic mass is 32.2. The van der Waals surface area contributed by atoms with Gasteiger partial charge in [-0.1, -0.05) is 0 Å². The molecule has 15 heavy (non-hydrogen) atoms. The Morgan fingerprint density at radius 2 is 1.87 bits per heavy atom. The fourth-order valence-corrected chi connectivity index (χ4v) is 1.97. The van der Waals surface area contributed by atoms with Crippen molar-refractivity contribution >= 4 is 16.2 Å². The molecule has 1 unspecified atom stereocenters. The summed E-state index contributed by atoms with van der Waals surface area (Å²) in [6.07, 6.45) is -1.75. The summed E-state index contributed by atoms with van der Waals surface area (Å²) < 4.78 is 26.7. The number of nitrogens with one attached hydrogen (secondary N) is 2. The van der Waals surface area contributed by atoms with Crippen LogP contribution in [0.15, 0.2) is 0 Å². The SMILES string of the molecule is CC(C)(C)NS(=O)(=O)NCC(O)C(=O)O. The summed E-state index contributed by atoms with van der Waals surface area (Å²) in [6, 6.07) is 0. The third-order valence-electron chi connectivity index (χ3n) is 1.19. The molecule has 0 spiro atoms. The molecule has 8 heteroatoms. The van der Waals surface area contributed by atoms with Crippen molar-refractivity contribution in [2.24, 2.45) is 0 Å². The Morgan fingerprint density at radius 1 is 1.40 bits per heavy atom. The minimum absolute atomic E-state index is 0.569. The van der Waals surface area contributed by atoms with E-state index in [1.54, 1.807) is 20.8 Å². The van der Waals surface area contributed by atoms with Gasteiger partial charge in [0.2, 0.25) is 0 Å². The van der Waals surface area contributed by atoms with Crippen LogP contribution >= 0.6 is 0 Å². The van der Waals surface area contributed by atoms with Crippen LogP contribution in [-0.4, -0.2) is 42.8 Å². The largest absolute Gasteiger partial charge is 0.479 e. The van der Waals surface area contributed by atoms with E-state index in [9.17, 15) is 13.2 Å². The van der Waals surface area contributed by atoms with Gasteiger partial charge in [0.25, 0.3) is 10.2 Å². The van der Waals surface area contributed by atoms with E-state index in [-0.39, 0.29) is 0 Å². The van der Waals surface area contributed by atoms with Crippen LogP contribution < -0.4 is 9.44 Å². The molecule has 0 rings (SSSR count). The molecular formula is C7H16N2O5S. The topological polar surface area (TPSA) is 116 Å². The van der Waals surface area contributed by atoms with Gasteiger partial charge in [-0.15, -0.1) is 0 Å². The fraction of sp³-hybridized carbons (Fsp3) is 0.857. The highest BCUT2D eigenvalue weighted by Crippen LogP contribution is 2.00. The molecule has 0 radical (unpaired) electrons. The molecule has 90 valence electrons. The van der Waals surface area contributed by atoms with Crippen molar-refractivity contribution in [2.75, 3.05) is 6.54 Å². The van der Waals surface area contributed by atoms with Crippen LogP contribution in [0.2, 0.25) is 0 Å². The summed E-state index contributed by atoms with van der Waals surface area (Å²) in [5.41, 5.74) is -0.667. The van der Waals surface area contributed by atoms with Gasteiger partial charge in [0.1, 0.15) is 0 Å². The maximum Gasteiger partial charge on any atom is 0.333 e. The lowest BCUT2D eigenvalue weighted by atomic mass is 10.1. The number of hydrogen-bond donors (Lipinski definition) is 4. The Kier molecular flexibility index (Phi) is 4.65. The molecule has 0 heterocycles. The highest BCUT2D eigenvalue weighted by Gasteiger charge is 2.22. The third kappa shape index (κ3) is 7.25. The summed E-state index contributed by atoms with van der Waals surface area (Å²) in [6.45, 7) is 4.35. The number of aliphatic hydroxyl groups is 1. The molecular weight excluding hydrogens is 224 g/mol. The van der Waals surface area contributed by atoms with E-state index >= 15 is 0 Å². The minimum Gasteiger partial charge on any atom is -0.479 e. The Morgan fingerprint density at radius 3 is 2.20 bits per heavy atom. The van der Waals surface area contributed by atoms with E-state index in [1.165, 1.54) is 0 Å². The molecule has 0 aromatic carbocycles. The lowest BCUT2D eigenvalue weighted by Crippen LogP contribution is -2.49. The molecule has 0 aliphatic heterocycles. The van der Waals surface area contributed by atoms with Crippen molar-refractivity contribution in [1.82, 2.24) is 9.44 Å². The first-order chi connectivity index (χ1) is 6.53. The average Bonchev–Trinajstić information content (AvgIpc) is 1.95. The number of rotatable bonds is 5. The molecule has 0 amide bonds. The van der Waals surface area contributed by atoms with Gasteiger partial charge in [-0.3, -0.25) is 0 Å². The van der Waals surface area contributed by atoms with E-state index < -0.39 is 34.4 Å². The molecule has 4 N–H and O–H groups in total. The minimum atomic E-state index is -3.79. The van der Waals surface area contributed by atoms with Crippen molar-refractivity contribution in [3.63, 3.8) is 0 Å². The van der Waals surface area contributed by atoms with Crippen LogP contribution in [0.3, 0.4) is 0 Å². The number of aliphatic carboxylic acids is 1. The summed E-state index contributed by atoms with van der Waals surface area (Å²) in [7, 11) is -3.79. The van der Waals surface area contributed by atoms with Crippen molar-refractivity contribution in [3.8, 4) is 0 Å². The predicted molar refractivity (Wildman–Crippen MR) is 53.5 cm³/mol. The summed E-state index contributed by atoms with van der Waals surface area (Å²) in [5.74, 6) is -1.48. The van der Waals surface area contributed by atoms with E-state index in [2.05, 4.69) is 4.72 Å². The van der Waals surface area contributed by atoms with Crippen LogP contribution in [0.4, 0.5) is 0 Å². The van der Waals surface area contributed by atoms with E-state index in [4.69, 9.17) is 10.2 Å². The zero-order valence-corrected chi connectivity index (χ0v) is 9.63. The standard InChI is InChI=1S/C7H16N2O5S/c1-7(2,3)9-15(13,14)8-4-5(10)6(11)12/h5,8-10H,4H2,1-3H3,(H,11,12).